The van der Waals surface area contributed by atoms with E-state index in [1.165, 1.54) is 0 Å². The molecule has 0 aliphatic carbocycles. The van der Waals surface area contributed by atoms with Crippen molar-refractivity contribution in [3.63, 3.8) is 0 Å². The Bertz CT molecular complexity index is 256. The molecule has 4 nitrogen and oxygen atoms in total. The quantitative estimate of drug-likeness (QED) is 0.441. The molecule has 0 fully saturated rings. The largest absolute Gasteiger partial charge is 0.481 e. The van der Waals surface area contributed by atoms with E-state index in [1.54, 1.807) is 11.8 Å². The summed E-state index contributed by atoms with van der Waals surface area (Å²) in [5.41, 5.74) is 0. The molecule has 1 unspecified atom stereocenters. The number of carboxylic acid groups (broad SMARTS) is 1. The van der Waals surface area contributed by atoms with Gasteiger partial charge in [0, 0.05) is 6.42 Å². The molecule has 0 aromatic carbocycles. The van der Waals surface area contributed by atoms with Gasteiger partial charge in [-0.05, 0) is 37.7 Å². The van der Waals surface area contributed by atoms with E-state index >= 15 is 0 Å². The standard InChI is InChI=1S/C14H26O4S/c1-12(8-4-3-5-9-13(15)16)14(17)18-10-6-7-11-19-2/h12H,3-11H2,1-2H3,(H,15,16). The van der Waals surface area contributed by atoms with Crippen LogP contribution in [0.3, 0.4) is 0 Å². The summed E-state index contributed by atoms with van der Waals surface area (Å²) in [6.07, 6.45) is 7.51. The van der Waals surface area contributed by atoms with Crippen LogP contribution < -0.4 is 0 Å². The summed E-state index contributed by atoms with van der Waals surface area (Å²) >= 11 is 1.80. The molecule has 112 valence electrons. The molecule has 0 heterocycles. The van der Waals surface area contributed by atoms with Gasteiger partial charge in [-0.15, -0.1) is 0 Å². The lowest BCUT2D eigenvalue weighted by Gasteiger charge is -2.11. The first-order chi connectivity index (χ1) is 9.07. The summed E-state index contributed by atoms with van der Waals surface area (Å²) in [5.74, 6) is 0.155. The lowest BCUT2D eigenvalue weighted by molar-refractivity contribution is -0.148. The maximum Gasteiger partial charge on any atom is 0.308 e. The summed E-state index contributed by atoms with van der Waals surface area (Å²) in [6.45, 7) is 2.39. The third-order valence-electron chi connectivity index (χ3n) is 2.92. The zero-order valence-corrected chi connectivity index (χ0v) is 12.8. The molecule has 0 spiro atoms. The molecule has 1 N–H and O–H groups in total. The second-order valence-corrected chi connectivity index (χ2v) is 5.75. The number of aliphatic carboxylic acids is 1. The van der Waals surface area contributed by atoms with Gasteiger partial charge in [-0.3, -0.25) is 9.59 Å². The minimum atomic E-state index is -0.752. The van der Waals surface area contributed by atoms with E-state index in [2.05, 4.69) is 6.26 Å². The SMILES string of the molecule is CSCCCCOC(=O)C(C)CCCCCC(=O)O. The van der Waals surface area contributed by atoms with Crippen LogP contribution in [0.2, 0.25) is 0 Å². The Balaban J connectivity index is 3.45. The number of hydrogen-bond donors (Lipinski definition) is 1. The van der Waals surface area contributed by atoms with Gasteiger partial charge in [0.15, 0.2) is 0 Å². The van der Waals surface area contributed by atoms with Crippen molar-refractivity contribution in [2.75, 3.05) is 18.6 Å². The molecule has 0 rings (SSSR count). The van der Waals surface area contributed by atoms with Gasteiger partial charge >= 0.3 is 11.9 Å². The average molecular weight is 290 g/mol. The van der Waals surface area contributed by atoms with Gasteiger partial charge in [0.1, 0.15) is 0 Å². The Labute approximate surface area is 120 Å². The first-order valence-electron chi connectivity index (χ1n) is 6.95. The van der Waals surface area contributed by atoms with E-state index in [0.29, 0.717) is 13.0 Å². The molecule has 0 aliphatic rings. The van der Waals surface area contributed by atoms with Gasteiger partial charge < -0.3 is 9.84 Å². The number of thioether (sulfide) groups is 1. The molecule has 19 heavy (non-hydrogen) atoms. The molecule has 0 aromatic heterocycles. The molecule has 5 heteroatoms. The number of ether oxygens (including phenoxy) is 1. The van der Waals surface area contributed by atoms with Gasteiger partial charge in [0.05, 0.1) is 12.5 Å². The van der Waals surface area contributed by atoms with Crippen molar-refractivity contribution < 1.29 is 19.4 Å². The molecular formula is C14H26O4S. The maximum atomic E-state index is 11.6. The summed E-state index contributed by atoms with van der Waals surface area (Å²) < 4.78 is 5.20. The van der Waals surface area contributed by atoms with E-state index < -0.39 is 5.97 Å². The van der Waals surface area contributed by atoms with E-state index in [1.807, 2.05) is 6.92 Å². The minimum absolute atomic E-state index is 0.0784. The van der Waals surface area contributed by atoms with Gasteiger partial charge in [-0.25, -0.2) is 0 Å². The van der Waals surface area contributed by atoms with E-state index in [-0.39, 0.29) is 18.3 Å². The van der Waals surface area contributed by atoms with Crippen LogP contribution in [0.15, 0.2) is 0 Å². The van der Waals surface area contributed by atoms with Crippen LogP contribution in [0.25, 0.3) is 0 Å². The van der Waals surface area contributed by atoms with Crippen molar-refractivity contribution >= 4 is 23.7 Å². The number of hydrogen-bond acceptors (Lipinski definition) is 4. The Kier molecular flexibility index (Phi) is 11.9. The summed E-state index contributed by atoms with van der Waals surface area (Å²) in [6, 6.07) is 0. The first-order valence-corrected chi connectivity index (χ1v) is 8.34. The Hall–Kier alpha value is -0.710. The van der Waals surface area contributed by atoms with E-state index in [0.717, 1.165) is 37.9 Å². The molecule has 0 amide bonds. The molecule has 0 aliphatic heterocycles. The smallest absolute Gasteiger partial charge is 0.308 e. The number of rotatable bonds is 12. The van der Waals surface area contributed by atoms with Gasteiger partial charge in [-0.2, -0.15) is 11.8 Å². The fraction of sp³-hybridized carbons (Fsp3) is 0.857. The number of unbranched alkanes of at least 4 members (excludes halogenated alkanes) is 3. The van der Waals surface area contributed by atoms with Crippen LogP contribution in [-0.4, -0.2) is 35.7 Å². The fourth-order valence-electron chi connectivity index (χ4n) is 1.68. The highest BCUT2D eigenvalue weighted by atomic mass is 32.2. The normalized spacial score (nSPS) is 12.1. The van der Waals surface area contributed by atoms with Crippen LogP contribution in [0.1, 0.15) is 51.9 Å². The molecule has 0 saturated carbocycles. The molecule has 1 atom stereocenters. The second kappa shape index (κ2) is 12.3. The third kappa shape index (κ3) is 12.1. The van der Waals surface area contributed by atoms with Crippen LogP contribution >= 0.6 is 11.8 Å². The lowest BCUT2D eigenvalue weighted by atomic mass is 10.0. The summed E-state index contributed by atoms with van der Waals surface area (Å²) in [5, 5.41) is 8.49. The minimum Gasteiger partial charge on any atom is -0.481 e. The van der Waals surface area contributed by atoms with Gasteiger partial charge in [0.25, 0.3) is 0 Å². The van der Waals surface area contributed by atoms with Crippen LogP contribution in [0, 0.1) is 5.92 Å². The van der Waals surface area contributed by atoms with Crippen LogP contribution in [-0.2, 0) is 14.3 Å². The highest BCUT2D eigenvalue weighted by Crippen LogP contribution is 2.12. The van der Waals surface area contributed by atoms with Crippen molar-refractivity contribution in [2.45, 2.75) is 51.9 Å². The average Bonchev–Trinajstić information content (AvgIpc) is 2.37. The zero-order chi connectivity index (χ0) is 14.5. The van der Waals surface area contributed by atoms with Crippen LogP contribution in [0.4, 0.5) is 0 Å². The highest BCUT2D eigenvalue weighted by molar-refractivity contribution is 7.98. The maximum absolute atomic E-state index is 11.6. The van der Waals surface area contributed by atoms with Crippen molar-refractivity contribution in [3.8, 4) is 0 Å². The Morgan fingerprint density at radius 2 is 1.89 bits per heavy atom. The number of carboxylic acids is 1. The van der Waals surface area contributed by atoms with Crippen molar-refractivity contribution in [2.24, 2.45) is 5.92 Å². The molecule has 0 radical (unpaired) electrons. The number of carbonyl (C=O) groups is 2. The first kappa shape index (κ1) is 18.3. The van der Waals surface area contributed by atoms with Crippen molar-refractivity contribution in [1.82, 2.24) is 0 Å². The summed E-state index contributed by atoms with van der Waals surface area (Å²) in [4.78, 5) is 21.9. The third-order valence-corrected chi connectivity index (χ3v) is 3.61. The monoisotopic (exact) mass is 290 g/mol. The molecule has 0 saturated heterocycles. The topological polar surface area (TPSA) is 63.6 Å². The van der Waals surface area contributed by atoms with E-state index in [9.17, 15) is 9.59 Å². The Morgan fingerprint density at radius 3 is 2.53 bits per heavy atom. The predicted molar refractivity (Wildman–Crippen MR) is 78.5 cm³/mol. The Morgan fingerprint density at radius 1 is 1.16 bits per heavy atom. The fourth-order valence-corrected chi connectivity index (χ4v) is 2.18. The number of esters is 1. The number of carbonyl (C=O) groups excluding carboxylic acids is 1. The van der Waals surface area contributed by atoms with Crippen molar-refractivity contribution in [1.29, 1.82) is 0 Å². The van der Waals surface area contributed by atoms with E-state index in [4.69, 9.17) is 9.84 Å². The van der Waals surface area contributed by atoms with Gasteiger partial charge in [-0.1, -0.05) is 19.8 Å². The zero-order valence-electron chi connectivity index (χ0n) is 12.0. The highest BCUT2D eigenvalue weighted by Gasteiger charge is 2.13. The van der Waals surface area contributed by atoms with Gasteiger partial charge in [0.2, 0.25) is 0 Å². The van der Waals surface area contributed by atoms with Crippen molar-refractivity contribution in [3.05, 3.63) is 0 Å². The predicted octanol–water partition coefficient (Wildman–Crippen LogP) is 3.34. The lowest BCUT2D eigenvalue weighted by Crippen LogP contribution is -2.15. The second-order valence-electron chi connectivity index (χ2n) is 4.76. The molecule has 0 bridgehead atoms. The molecule has 0 aromatic rings. The molecular weight excluding hydrogens is 264 g/mol. The summed E-state index contributed by atoms with van der Waals surface area (Å²) in [7, 11) is 0. The van der Waals surface area contributed by atoms with Crippen LogP contribution in [0.5, 0.6) is 0 Å².